The topological polar surface area (TPSA) is 72.5 Å². The number of rotatable bonds is 6. The molecule has 146 valence electrons. The van der Waals surface area contributed by atoms with Gasteiger partial charge in [0.05, 0.1) is 34.5 Å². The van der Waals surface area contributed by atoms with Gasteiger partial charge in [-0.2, -0.15) is 0 Å². The van der Waals surface area contributed by atoms with Gasteiger partial charge in [0, 0.05) is 13.5 Å². The van der Waals surface area contributed by atoms with E-state index in [9.17, 15) is 4.79 Å². The second kappa shape index (κ2) is 7.62. The van der Waals surface area contributed by atoms with E-state index in [1.54, 1.807) is 0 Å². The highest BCUT2D eigenvalue weighted by Crippen LogP contribution is 2.52. The molecule has 0 saturated carbocycles. The first kappa shape index (κ1) is 19.3. The molecule has 1 aromatic rings. The van der Waals surface area contributed by atoms with Crippen LogP contribution in [0.3, 0.4) is 0 Å². The van der Waals surface area contributed by atoms with Gasteiger partial charge in [0.15, 0.2) is 11.5 Å². The molecule has 0 bridgehead atoms. The van der Waals surface area contributed by atoms with Gasteiger partial charge in [-0.15, -0.1) is 0 Å². The predicted octanol–water partition coefficient (Wildman–Crippen LogP) is 2.70. The number of ketones is 1. The van der Waals surface area contributed by atoms with Crippen molar-refractivity contribution >= 4 is 5.78 Å². The minimum absolute atomic E-state index is 0.104. The van der Waals surface area contributed by atoms with Crippen LogP contribution in [0.2, 0.25) is 0 Å². The fourth-order valence-corrected chi connectivity index (χ4v) is 3.78. The van der Waals surface area contributed by atoms with Crippen LogP contribution in [-0.2, 0) is 33.2 Å². The lowest BCUT2D eigenvalue weighted by Crippen LogP contribution is -2.56. The molecule has 0 amide bonds. The quantitative estimate of drug-likeness (QED) is 0.756. The van der Waals surface area contributed by atoms with E-state index in [1.165, 1.54) is 35.5 Å². The van der Waals surface area contributed by atoms with E-state index < -0.39 is 17.8 Å². The molecule has 1 saturated heterocycles. The third-order valence-electron chi connectivity index (χ3n) is 4.93. The molecule has 3 atom stereocenters. The number of carbonyl (C=O) groups excluding carboxylic acids is 1. The van der Waals surface area contributed by atoms with E-state index in [1.807, 2.05) is 30.3 Å². The molecule has 27 heavy (non-hydrogen) atoms. The lowest BCUT2D eigenvalue weighted by Gasteiger charge is -2.47. The van der Waals surface area contributed by atoms with Crippen LogP contribution < -0.4 is 0 Å². The van der Waals surface area contributed by atoms with E-state index in [-0.39, 0.29) is 35.2 Å². The Balaban J connectivity index is 2.20. The van der Waals surface area contributed by atoms with Crippen molar-refractivity contribution in [3.63, 3.8) is 0 Å². The largest absolute Gasteiger partial charge is 0.496 e. The number of ether oxygens (including phenoxy) is 6. The van der Waals surface area contributed by atoms with Gasteiger partial charge in [-0.1, -0.05) is 30.3 Å². The van der Waals surface area contributed by atoms with Crippen molar-refractivity contribution in [1.29, 1.82) is 0 Å². The molecule has 1 aromatic carbocycles. The Morgan fingerprint density at radius 2 is 1.59 bits per heavy atom. The molecule has 1 heterocycles. The number of fused-ring (bicyclic) bond motifs is 1. The molecule has 0 spiro atoms. The Labute approximate surface area is 158 Å². The summed E-state index contributed by atoms with van der Waals surface area (Å²) in [6, 6.07) is 9.51. The van der Waals surface area contributed by atoms with Gasteiger partial charge < -0.3 is 28.4 Å². The monoisotopic (exact) mass is 376 g/mol. The molecule has 0 radical (unpaired) electrons. The van der Waals surface area contributed by atoms with Crippen LogP contribution in [0.5, 0.6) is 0 Å². The van der Waals surface area contributed by atoms with Gasteiger partial charge in [-0.05, 0) is 5.56 Å². The van der Waals surface area contributed by atoms with Crippen LogP contribution in [0.25, 0.3) is 0 Å². The maximum absolute atomic E-state index is 13.2. The highest BCUT2D eigenvalue weighted by molar-refractivity contribution is 5.87. The normalized spacial score (nSPS) is 28.0. The summed E-state index contributed by atoms with van der Waals surface area (Å²) in [4.78, 5) is 13.2. The summed E-state index contributed by atoms with van der Waals surface area (Å²) in [6.45, 7) is 0. The van der Waals surface area contributed by atoms with Gasteiger partial charge in [0.1, 0.15) is 5.92 Å². The molecule has 0 N–H and O–H groups in total. The smallest absolute Gasteiger partial charge is 0.249 e. The molecule has 1 aliphatic heterocycles. The predicted molar refractivity (Wildman–Crippen MR) is 95.2 cm³/mol. The molecular formula is C20H24O7. The Bertz CT molecular complexity index is 768. The Morgan fingerprint density at radius 1 is 0.926 bits per heavy atom. The van der Waals surface area contributed by atoms with Crippen molar-refractivity contribution < 1.29 is 33.2 Å². The first-order chi connectivity index (χ1) is 13.1. The van der Waals surface area contributed by atoms with E-state index in [0.717, 1.165) is 5.56 Å². The van der Waals surface area contributed by atoms with Gasteiger partial charge in [-0.3, -0.25) is 4.79 Å². The van der Waals surface area contributed by atoms with Gasteiger partial charge in [0.25, 0.3) is 0 Å². The molecule has 3 rings (SSSR count). The van der Waals surface area contributed by atoms with Crippen LogP contribution in [-0.4, -0.2) is 47.1 Å². The number of hydrogen-bond donors (Lipinski definition) is 0. The number of hydrogen-bond acceptors (Lipinski definition) is 7. The zero-order chi connectivity index (χ0) is 19.6. The average molecular weight is 376 g/mol. The van der Waals surface area contributed by atoms with Crippen molar-refractivity contribution in [2.75, 3.05) is 35.5 Å². The van der Waals surface area contributed by atoms with E-state index in [0.29, 0.717) is 0 Å². The highest BCUT2D eigenvalue weighted by Gasteiger charge is 2.62. The summed E-state index contributed by atoms with van der Waals surface area (Å²) in [5.74, 6) is -1.45. The fraction of sp³-hybridized carbons (Fsp3) is 0.450. The standard InChI is InChI=1S/C20H24O7/c1-22-16-15-13(21)11-14(12-9-7-6-8-10-12)27-20(15,26-5)19(25-4)18(24-3)17(16)23-2/h6-10,14-15H,11H2,1-5H3. The van der Waals surface area contributed by atoms with Crippen LogP contribution >= 0.6 is 0 Å². The molecule has 1 fully saturated rings. The molecular weight excluding hydrogens is 352 g/mol. The zero-order valence-electron chi connectivity index (χ0n) is 16.1. The van der Waals surface area contributed by atoms with Crippen LogP contribution in [0, 0.1) is 5.92 Å². The number of benzene rings is 1. The van der Waals surface area contributed by atoms with Crippen LogP contribution in [0.4, 0.5) is 0 Å². The summed E-state index contributed by atoms with van der Waals surface area (Å²) in [7, 11) is 7.35. The lowest BCUT2D eigenvalue weighted by molar-refractivity contribution is -0.281. The van der Waals surface area contributed by atoms with Crippen molar-refractivity contribution in [2.45, 2.75) is 18.3 Å². The first-order valence-electron chi connectivity index (χ1n) is 8.53. The summed E-state index contributed by atoms with van der Waals surface area (Å²) in [5, 5.41) is 0. The maximum Gasteiger partial charge on any atom is 0.249 e. The van der Waals surface area contributed by atoms with Crippen LogP contribution in [0.1, 0.15) is 18.1 Å². The van der Waals surface area contributed by atoms with Crippen molar-refractivity contribution in [2.24, 2.45) is 5.92 Å². The lowest BCUT2D eigenvalue weighted by atomic mass is 9.79. The number of methoxy groups -OCH3 is 5. The summed E-state index contributed by atoms with van der Waals surface area (Å²) in [6.07, 6.45) is -0.330. The second-order valence-electron chi connectivity index (χ2n) is 6.16. The second-order valence-corrected chi connectivity index (χ2v) is 6.16. The molecule has 2 aliphatic rings. The van der Waals surface area contributed by atoms with E-state index in [4.69, 9.17) is 28.4 Å². The number of Topliss-reactive ketones (excluding diaryl/α,β-unsaturated/α-hetero) is 1. The van der Waals surface area contributed by atoms with Gasteiger partial charge in [0.2, 0.25) is 23.1 Å². The average Bonchev–Trinajstić information content (AvgIpc) is 2.71. The number of carbonyl (C=O) groups is 1. The van der Waals surface area contributed by atoms with Crippen molar-refractivity contribution in [1.82, 2.24) is 0 Å². The minimum atomic E-state index is -1.52. The van der Waals surface area contributed by atoms with Crippen LogP contribution in [0.15, 0.2) is 53.4 Å². The first-order valence-corrected chi connectivity index (χ1v) is 8.53. The van der Waals surface area contributed by atoms with Gasteiger partial charge in [-0.25, -0.2) is 0 Å². The Morgan fingerprint density at radius 3 is 2.11 bits per heavy atom. The molecule has 3 unspecified atom stereocenters. The summed E-state index contributed by atoms with van der Waals surface area (Å²) < 4.78 is 34.2. The fourth-order valence-electron chi connectivity index (χ4n) is 3.78. The molecule has 7 heteroatoms. The maximum atomic E-state index is 13.2. The highest BCUT2D eigenvalue weighted by atomic mass is 16.7. The van der Waals surface area contributed by atoms with Gasteiger partial charge >= 0.3 is 0 Å². The third-order valence-corrected chi connectivity index (χ3v) is 4.93. The van der Waals surface area contributed by atoms with Crippen molar-refractivity contribution in [3.05, 3.63) is 58.9 Å². The molecule has 0 aromatic heterocycles. The van der Waals surface area contributed by atoms with Crippen molar-refractivity contribution in [3.8, 4) is 0 Å². The SMILES string of the molecule is COC1=C(OC)C2C(=O)CC(c3ccccc3)OC2(OC)C(OC)=C1OC. The Kier molecular flexibility index (Phi) is 5.43. The minimum Gasteiger partial charge on any atom is -0.496 e. The zero-order valence-corrected chi connectivity index (χ0v) is 16.1. The summed E-state index contributed by atoms with van der Waals surface area (Å²) in [5.41, 5.74) is 0.871. The Hall–Kier alpha value is -2.51. The third kappa shape index (κ3) is 2.87. The summed E-state index contributed by atoms with van der Waals surface area (Å²) >= 11 is 0. The molecule has 7 nitrogen and oxygen atoms in total. The molecule has 1 aliphatic carbocycles. The van der Waals surface area contributed by atoms with E-state index in [2.05, 4.69) is 0 Å². The van der Waals surface area contributed by atoms with E-state index >= 15 is 0 Å².